The molecule has 1 N–H and O–H groups in total. The van der Waals surface area contributed by atoms with Crippen LogP contribution in [0.15, 0.2) is 30.3 Å². The van der Waals surface area contributed by atoms with Gasteiger partial charge in [0.2, 0.25) is 0 Å². The van der Waals surface area contributed by atoms with Gasteiger partial charge in [0.1, 0.15) is 16.9 Å². The van der Waals surface area contributed by atoms with Crippen LogP contribution in [0, 0.1) is 5.82 Å². The van der Waals surface area contributed by atoms with Crippen molar-refractivity contribution in [2.75, 3.05) is 5.32 Å². The van der Waals surface area contributed by atoms with E-state index in [4.69, 9.17) is 23.2 Å². The molecule has 0 fully saturated rings. The van der Waals surface area contributed by atoms with E-state index in [1.807, 2.05) is 0 Å². The number of benzene rings is 2. The number of anilines is 1. The van der Waals surface area contributed by atoms with Crippen molar-refractivity contribution >= 4 is 57.6 Å². The van der Waals surface area contributed by atoms with Gasteiger partial charge in [-0.15, -0.1) is 0 Å². The molecular formula is C13H6Cl2FN3OS. The Hall–Kier alpha value is -1.76. The third-order valence-corrected chi connectivity index (χ3v) is 3.90. The molecule has 1 aromatic heterocycles. The Morgan fingerprint density at radius 3 is 2.48 bits per heavy atom. The SMILES string of the molecule is O=C(Nc1c(Cl)cc(Cl)c2nsnc12)c1ccc(F)cc1. The van der Waals surface area contributed by atoms with Gasteiger partial charge in [-0.1, -0.05) is 23.2 Å². The summed E-state index contributed by atoms with van der Waals surface area (Å²) in [5.41, 5.74) is 1.53. The van der Waals surface area contributed by atoms with Crippen LogP contribution in [-0.2, 0) is 0 Å². The summed E-state index contributed by atoms with van der Waals surface area (Å²) < 4.78 is 21.0. The van der Waals surface area contributed by atoms with Gasteiger partial charge in [0.15, 0.2) is 0 Å². The summed E-state index contributed by atoms with van der Waals surface area (Å²) in [4.78, 5) is 12.2. The van der Waals surface area contributed by atoms with Gasteiger partial charge in [0.05, 0.1) is 27.5 Å². The fourth-order valence-electron chi connectivity index (χ4n) is 1.78. The summed E-state index contributed by atoms with van der Waals surface area (Å²) in [5.74, 6) is -0.837. The Morgan fingerprint density at radius 2 is 1.76 bits per heavy atom. The average molecular weight is 342 g/mol. The monoisotopic (exact) mass is 341 g/mol. The predicted molar refractivity (Wildman–Crippen MR) is 81.8 cm³/mol. The number of fused-ring (bicyclic) bond motifs is 1. The molecule has 8 heteroatoms. The van der Waals surface area contributed by atoms with Crippen LogP contribution in [0.2, 0.25) is 10.0 Å². The molecule has 0 aliphatic carbocycles. The van der Waals surface area contributed by atoms with Crippen molar-refractivity contribution in [1.29, 1.82) is 0 Å². The number of hydrogen-bond donors (Lipinski definition) is 1. The number of halogens is 3. The summed E-state index contributed by atoms with van der Waals surface area (Å²) in [5, 5.41) is 3.28. The van der Waals surface area contributed by atoms with Gasteiger partial charge in [-0.05, 0) is 30.3 Å². The molecule has 0 atom stereocenters. The molecule has 106 valence electrons. The molecule has 0 saturated carbocycles. The van der Waals surface area contributed by atoms with Crippen LogP contribution in [0.1, 0.15) is 10.4 Å². The van der Waals surface area contributed by atoms with Gasteiger partial charge < -0.3 is 5.32 Å². The van der Waals surface area contributed by atoms with Crippen molar-refractivity contribution in [3.63, 3.8) is 0 Å². The minimum atomic E-state index is -0.423. The molecule has 2 aromatic carbocycles. The van der Waals surface area contributed by atoms with Crippen LogP contribution in [0.5, 0.6) is 0 Å². The second-order valence-electron chi connectivity index (χ2n) is 4.14. The Morgan fingerprint density at radius 1 is 1.10 bits per heavy atom. The van der Waals surface area contributed by atoms with Crippen LogP contribution in [0.25, 0.3) is 11.0 Å². The predicted octanol–water partition coefficient (Wildman–Crippen LogP) is 4.39. The number of nitrogens with zero attached hydrogens (tertiary/aromatic N) is 2. The number of amides is 1. The molecule has 0 aliphatic heterocycles. The fraction of sp³-hybridized carbons (Fsp3) is 0. The first-order valence-corrected chi connectivity index (χ1v) is 7.22. The van der Waals surface area contributed by atoms with Gasteiger partial charge in [0, 0.05) is 5.56 Å². The molecule has 3 aromatic rings. The van der Waals surface area contributed by atoms with Crippen LogP contribution < -0.4 is 5.32 Å². The maximum Gasteiger partial charge on any atom is 0.255 e. The molecule has 0 spiro atoms. The summed E-state index contributed by atoms with van der Waals surface area (Å²) in [6.45, 7) is 0. The highest BCUT2D eigenvalue weighted by atomic mass is 35.5. The van der Waals surface area contributed by atoms with Crippen LogP contribution in [0.3, 0.4) is 0 Å². The molecule has 4 nitrogen and oxygen atoms in total. The number of carbonyl (C=O) groups is 1. The van der Waals surface area contributed by atoms with E-state index in [1.54, 1.807) is 0 Å². The Balaban J connectivity index is 2.00. The van der Waals surface area contributed by atoms with Crippen molar-refractivity contribution in [2.24, 2.45) is 0 Å². The zero-order chi connectivity index (χ0) is 15.0. The number of aromatic nitrogens is 2. The third-order valence-electron chi connectivity index (χ3n) is 2.79. The van der Waals surface area contributed by atoms with E-state index >= 15 is 0 Å². The molecule has 0 unspecified atom stereocenters. The average Bonchev–Trinajstić information content (AvgIpc) is 2.93. The van der Waals surface area contributed by atoms with E-state index in [0.717, 1.165) is 11.7 Å². The van der Waals surface area contributed by atoms with Gasteiger partial charge >= 0.3 is 0 Å². The van der Waals surface area contributed by atoms with Crippen molar-refractivity contribution < 1.29 is 9.18 Å². The molecule has 1 amide bonds. The van der Waals surface area contributed by atoms with Crippen molar-refractivity contribution in [1.82, 2.24) is 8.75 Å². The molecule has 1 heterocycles. The minimum Gasteiger partial charge on any atom is -0.319 e. The lowest BCUT2D eigenvalue weighted by Gasteiger charge is -2.08. The van der Waals surface area contributed by atoms with E-state index in [9.17, 15) is 9.18 Å². The smallest absolute Gasteiger partial charge is 0.255 e. The van der Waals surface area contributed by atoms with E-state index in [2.05, 4.69) is 14.1 Å². The van der Waals surface area contributed by atoms with E-state index in [1.165, 1.54) is 30.3 Å². The first kappa shape index (κ1) is 14.2. The lowest BCUT2D eigenvalue weighted by molar-refractivity contribution is 0.102. The van der Waals surface area contributed by atoms with Gasteiger partial charge in [0.25, 0.3) is 5.91 Å². The van der Waals surface area contributed by atoms with Crippen molar-refractivity contribution in [3.8, 4) is 0 Å². The summed E-state index contributed by atoms with van der Waals surface area (Å²) >= 11 is 13.1. The zero-order valence-electron chi connectivity index (χ0n) is 10.2. The van der Waals surface area contributed by atoms with Crippen molar-refractivity contribution in [2.45, 2.75) is 0 Å². The molecule has 3 rings (SSSR count). The van der Waals surface area contributed by atoms with E-state index in [-0.39, 0.29) is 5.02 Å². The topological polar surface area (TPSA) is 54.9 Å². The Bertz CT molecular complexity index is 835. The molecular weight excluding hydrogens is 336 g/mol. The van der Waals surface area contributed by atoms with E-state index < -0.39 is 11.7 Å². The van der Waals surface area contributed by atoms with Gasteiger partial charge in [-0.3, -0.25) is 4.79 Å². The quantitative estimate of drug-likeness (QED) is 0.751. The Labute approximate surface area is 132 Å². The molecule has 0 aliphatic rings. The maximum absolute atomic E-state index is 12.9. The first-order chi connectivity index (χ1) is 10.1. The minimum absolute atomic E-state index is 0.260. The highest BCUT2D eigenvalue weighted by Gasteiger charge is 2.16. The summed E-state index contributed by atoms with van der Waals surface area (Å²) in [6.07, 6.45) is 0. The van der Waals surface area contributed by atoms with E-state index in [0.29, 0.717) is 27.3 Å². The molecule has 0 saturated heterocycles. The Kier molecular flexibility index (Phi) is 3.75. The van der Waals surface area contributed by atoms with Crippen LogP contribution in [0.4, 0.5) is 10.1 Å². The standard InChI is InChI=1S/C13H6Cl2FN3OS/c14-8-5-9(15)11-12(19-21-18-11)10(8)17-13(20)6-1-3-7(16)4-2-6/h1-5H,(H,17,20). The van der Waals surface area contributed by atoms with Gasteiger partial charge in [-0.25, -0.2) is 4.39 Å². The highest BCUT2D eigenvalue weighted by Crippen LogP contribution is 2.35. The number of carbonyl (C=O) groups excluding carboxylic acids is 1. The highest BCUT2D eigenvalue weighted by molar-refractivity contribution is 7.00. The third kappa shape index (κ3) is 2.70. The number of hydrogen-bond acceptors (Lipinski definition) is 4. The second kappa shape index (κ2) is 5.55. The lowest BCUT2D eigenvalue weighted by Crippen LogP contribution is -2.12. The number of rotatable bonds is 2. The number of nitrogens with one attached hydrogen (secondary N) is 1. The fourth-order valence-corrected chi connectivity index (χ4v) is 2.94. The summed E-state index contributed by atoms with van der Waals surface area (Å²) in [6, 6.07) is 6.67. The largest absolute Gasteiger partial charge is 0.319 e. The molecule has 0 radical (unpaired) electrons. The maximum atomic E-state index is 12.9. The second-order valence-corrected chi connectivity index (χ2v) is 5.48. The summed E-state index contributed by atoms with van der Waals surface area (Å²) in [7, 11) is 0. The zero-order valence-corrected chi connectivity index (χ0v) is 12.6. The van der Waals surface area contributed by atoms with Gasteiger partial charge in [-0.2, -0.15) is 8.75 Å². The van der Waals surface area contributed by atoms with Crippen molar-refractivity contribution in [3.05, 3.63) is 51.8 Å². The van der Waals surface area contributed by atoms with Crippen LogP contribution in [-0.4, -0.2) is 14.7 Å². The lowest BCUT2D eigenvalue weighted by atomic mass is 10.2. The first-order valence-electron chi connectivity index (χ1n) is 5.73. The van der Waals surface area contributed by atoms with Crippen LogP contribution >= 0.6 is 34.9 Å². The normalized spacial score (nSPS) is 10.8. The molecule has 0 bridgehead atoms. The molecule has 21 heavy (non-hydrogen) atoms.